The predicted molar refractivity (Wildman–Crippen MR) is 80.8 cm³/mol. The fraction of sp³-hybridized carbons (Fsp3) is 0.467. The molecule has 23 heavy (non-hydrogen) atoms. The van der Waals surface area contributed by atoms with Crippen LogP contribution >= 0.6 is 0 Å². The van der Waals surface area contributed by atoms with Crippen LogP contribution in [0.1, 0.15) is 19.4 Å². The fourth-order valence-electron chi connectivity index (χ4n) is 1.89. The molecule has 0 saturated heterocycles. The lowest BCUT2D eigenvalue weighted by atomic mass is 10.2. The molecule has 0 radical (unpaired) electrons. The van der Waals surface area contributed by atoms with E-state index in [-0.39, 0.29) is 30.7 Å². The van der Waals surface area contributed by atoms with Crippen molar-refractivity contribution < 1.29 is 22.8 Å². The molecule has 0 heterocycles. The number of likely N-dealkylation sites (N-methyl/N-ethyl adjacent to an activating group) is 1. The van der Waals surface area contributed by atoms with Crippen LogP contribution in [0.4, 0.5) is 18.9 Å². The minimum atomic E-state index is -4.47. The minimum Gasteiger partial charge on any atom is -0.353 e. The molecule has 0 aliphatic carbocycles. The highest BCUT2D eigenvalue weighted by atomic mass is 19.4. The Kier molecular flexibility index (Phi) is 6.56. The summed E-state index contributed by atoms with van der Waals surface area (Å²) in [5, 5.41) is 5.07. The first-order valence-corrected chi connectivity index (χ1v) is 7.03. The first kappa shape index (κ1) is 19.0. The van der Waals surface area contributed by atoms with E-state index in [0.29, 0.717) is 0 Å². The Morgan fingerprint density at radius 1 is 1.17 bits per heavy atom. The van der Waals surface area contributed by atoms with Gasteiger partial charge in [0.05, 0.1) is 18.7 Å². The summed E-state index contributed by atoms with van der Waals surface area (Å²) in [5.41, 5.74) is -0.773. The van der Waals surface area contributed by atoms with Crippen LogP contribution < -0.4 is 10.6 Å². The average Bonchev–Trinajstić information content (AvgIpc) is 2.36. The normalized spacial score (nSPS) is 11.7. The Balaban J connectivity index is 2.55. The van der Waals surface area contributed by atoms with Gasteiger partial charge in [-0.3, -0.25) is 14.5 Å². The lowest BCUT2D eigenvalue weighted by Crippen LogP contribution is -2.41. The number of nitrogens with zero attached hydrogens (tertiary/aromatic N) is 1. The van der Waals surface area contributed by atoms with Crippen LogP contribution in [0.25, 0.3) is 0 Å². The summed E-state index contributed by atoms with van der Waals surface area (Å²) >= 11 is 0. The first-order chi connectivity index (χ1) is 10.6. The highest BCUT2D eigenvalue weighted by molar-refractivity contribution is 5.92. The molecule has 0 saturated carbocycles. The van der Waals surface area contributed by atoms with E-state index in [1.165, 1.54) is 17.0 Å². The first-order valence-electron chi connectivity index (χ1n) is 7.03. The lowest BCUT2D eigenvalue weighted by molar-refractivity contribution is -0.137. The molecular formula is C15H20F3N3O2. The summed E-state index contributed by atoms with van der Waals surface area (Å²) in [6.07, 6.45) is -4.47. The zero-order chi connectivity index (χ0) is 17.6. The zero-order valence-corrected chi connectivity index (χ0v) is 13.2. The number of carbonyl (C=O) groups excluding carboxylic acids is 2. The van der Waals surface area contributed by atoms with E-state index in [1.807, 2.05) is 13.8 Å². The average molecular weight is 331 g/mol. The van der Waals surface area contributed by atoms with Crippen LogP contribution in [0.2, 0.25) is 0 Å². The Labute approximate surface area is 132 Å². The zero-order valence-electron chi connectivity index (χ0n) is 13.2. The SMILES string of the molecule is CC(C)NC(=O)CN(C)CC(=O)Nc1cccc(C(F)(F)F)c1. The number of hydrogen-bond donors (Lipinski definition) is 2. The molecule has 0 unspecified atom stereocenters. The topological polar surface area (TPSA) is 61.4 Å². The number of benzene rings is 1. The molecule has 0 aromatic heterocycles. The molecule has 0 bridgehead atoms. The Hall–Kier alpha value is -2.09. The standard InChI is InChI=1S/C15H20F3N3O2/c1-10(2)19-13(22)8-21(3)9-14(23)20-12-6-4-5-11(7-12)15(16,17)18/h4-7,10H,8-9H2,1-3H3,(H,19,22)(H,20,23). The summed E-state index contributed by atoms with van der Waals surface area (Å²) in [4.78, 5) is 24.8. The van der Waals surface area contributed by atoms with Crippen molar-refractivity contribution in [3.05, 3.63) is 29.8 Å². The molecule has 5 nitrogen and oxygen atoms in total. The number of rotatable bonds is 6. The molecule has 128 valence electrons. The number of alkyl halides is 3. The number of hydrogen-bond acceptors (Lipinski definition) is 3. The van der Waals surface area contributed by atoms with Crippen LogP contribution in [-0.4, -0.2) is 42.9 Å². The van der Waals surface area contributed by atoms with Crippen molar-refractivity contribution in [3.8, 4) is 0 Å². The number of amides is 2. The summed E-state index contributed by atoms with van der Waals surface area (Å²) < 4.78 is 37.8. The van der Waals surface area contributed by atoms with E-state index in [9.17, 15) is 22.8 Å². The van der Waals surface area contributed by atoms with Gasteiger partial charge in [0.15, 0.2) is 0 Å². The van der Waals surface area contributed by atoms with E-state index in [1.54, 1.807) is 7.05 Å². The third kappa shape index (κ3) is 7.14. The molecule has 0 spiro atoms. The number of nitrogens with one attached hydrogen (secondary N) is 2. The second-order valence-corrected chi connectivity index (χ2v) is 5.52. The van der Waals surface area contributed by atoms with Gasteiger partial charge in [-0.1, -0.05) is 6.07 Å². The molecule has 0 atom stereocenters. The van der Waals surface area contributed by atoms with Gasteiger partial charge in [-0.05, 0) is 39.1 Å². The second-order valence-electron chi connectivity index (χ2n) is 5.52. The van der Waals surface area contributed by atoms with E-state index in [2.05, 4.69) is 10.6 Å². The van der Waals surface area contributed by atoms with Crippen molar-refractivity contribution in [2.45, 2.75) is 26.1 Å². The van der Waals surface area contributed by atoms with E-state index >= 15 is 0 Å². The van der Waals surface area contributed by atoms with E-state index in [4.69, 9.17) is 0 Å². The molecule has 0 aliphatic heterocycles. The summed E-state index contributed by atoms with van der Waals surface area (Å²) in [7, 11) is 1.58. The van der Waals surface area contributed by atoms with Gasteiger partial charge < -0.3 is 10.6 Å². The number of carbonyl (C=O) groups is 2. The third-order valence-electron chi connectivity index (χ3n) is 2.75. The molecule has 2 amide bonds. The van der Waals surface area contributed by atoms with Gasteiger partial charge in [0.1, 0.15) is 0 Å². The molecule has 0 aliphatic rings. The van der Waals surface area contributed by atoms with Crippen LogP contribution in [0, 0.1) is 0 Å². The minimum absolute atomic E-state index is 0.00478. The molecule has 2 N–H and O–H groups in total. The Morgan fingerprint density at radius 3 is 2.35 bits per heavy atom. The largest absolute Gasteiger partial charge is 0.416 e. The van der Waals surface area contributed by atoms with Gasteiger partial charge in [0.2, 0.25) is 11.8 Å². The molecule has 8 heteroatoms. The maximum absolute atomic E-state index is 12.6. The number of halogens is 3. The van der Waals surface area contributed by atoms with Crippen LogP contribution in [0.15, 0.2) is 24.3 Å². The quantitative estimate of drug-likeness (QED) is 0.839. The third-order valence-corrected chi connectivity index (χ3v) is 2.75. The summed E-state index contributed by atoms with van der Waals surface area (Å²) in [6, 6.07) is 4.38. The maximum Gasteiger partial charge on any atom is 0.416 e. The molecule has 1 rings (SSSR count). The van der Waals surface area contributed by atoms with E-state index in [0.717, 1.165) is 12.1 Å². The van der Waals surface area contributed by atoms with Crippen LogP contribution in [0.5, 0.6) is 0 Å². The monoisotopic (exact) mass is 331 g/mol. The highest BCUT2D eigenvalue weighted by Gasteiger charge is 2.30. The Morgan fingerprint density at radius 2 is 1.78 bits per heavy atom. The van der Waals surface area contributed by atoms with Gasteiger partial charge in [0.25, 0.3) is 0 Å². The van der Waals surface area contributed by atoms with Crippen molar-refractivity contribution in [2.24, 2.45) is 0 Å². The molecular weight excluding hydrogens is 311 g/mol. The fourth-order valence-corrected chi connectivity index (χ4v) is 1.89. The van der Waals surface area contributed by atoms with Gasteiger partial charge in [-0.2, -0.15) is 13.2 Å². The number of anilines is 1. The molecule has 0 fully saturated rings. The predicted octanol–water partition coefficient (Wildman–Crippen LogP) is 2.10. The van der Waals surface area contributed by atoms with Gasteiger partial charge in [-0.25, -0.2) is 0 Å². The van der Waals surface area contributed by atoms with Crippen molar-refractivity contribution in [3.63, 3.8) is 0 Å². The van der Waals surface area contributed by atoms with Crippen LogP contribution in [0.3, 0.4) is 0 Å². The van der Waals surface area contributed by atoms with Crippen molar-refractivity contribution in [1.82, 2.24) is 10.2 Å². The molecule has 1 aromatic rings. The lowest BCUT2D eigenvalue weighted by Gasteiger charge is -2.17. The van der Waals surface area contributed by atoms with Gasteiger partial charge in [-0.15, -0.1) is 0 Å². The second kappa shape index (κ2) is 7.96. The van der Waals surface area contributed by atoms with Crippen molar-refractivity contribution in [2.75, 3.05) is 25.5 Å². The highest BCUT2D eigenvalue weighted by Crippen LogP contribution is 2.30. The maximum atomic E-state index is 12.6. The van der Waals surface area contributed by atoms with Gasteiger partial charge >= 0.3 is 6.18 Å². The summed E-state index contributed by atoms with van der Waals surface area (Å²) in [5.74, 6) is -0.724. The Bertz CT molecular complexity index is 559. The summed E-state index contributed by atoms with van der Waals surface area (Å²) in [6.45, 7) is 3.55. The smallest absolute Gasteiger partial charge is 0.353 e. The van der Waals surface area contributed by atoms with E-state index < -0.39 is 17.6 Å². The van der Waals surface area contributed by atoms with Crippen molar-refractivity contribution >= 4 is 17.5 Å². The van der Waals surface area contributed by atoms with Crippen LogP contribution in [-0.2, 0) is 15.8 Å². The van der Waals surface area contributed by atoms with Gasteiger partial charge in [0, 0.05) is 11.7 Å². The molecule has 1 aromatic carbocycles. The van der Waals surface area contributed by atoms with Crippen molar-refractivity contribution in [1.29, 1.82) is 0 Å².